The quantitative estimate of drug-likeness (QED) is 0.186. The topological polar surface area (TPSA) is 44.6 Å². The fourth-order valence-corrected chi connectivity index (χ4v) is 5.77. The minimum absolute atomic E-state index is 0.0266. The second kappa shape index (κ2) is 12.6. The summed E-state index contributed by atoms with van der Waals surface area (Å²) in [6.45, 7) is 5.41. The Balaban J connectivity index is 1.50. The van der Waals surface area contributed by atoms with Crippen molar-refractivity contribution in [1.82, 2.24) is 0 Å². The maximum Gasteiger partial charge on any atom is 0.333 e. The van der Waals surface area contributed by atoms with Crippen LogP contribution < -0.4 is 10.2 Å². The Hall–Kier alpha value is -4.38. The molecule has 0 spiro atoms. The van der Waals surface area contributed by atoms with E-state index in [9.17, 15) is 4.79 Å². The molecule has 0 unspecified atom stereocenters. The van der Waals surface area contributed by atoms with Crippen LogP contribution in [0.1, 0.15) is 43.7 Å². The average Bonchev–Trinajstić information content (AvgIpc) is 2.99. The largest absolute Gasteiger partial charge is 0.459 e. The first-order chi connectivity index (χ1) is 20.2. The summed E-state index contributed by atoms with van der Waals surface area (Å²) in [5.41, 5.74) is 8.75. The van der Waals surface area contributed by atoms with Gasteiger partial charge in [-0.3, -0.25) is 0 Å². The molecular weight excluding hydrogens is 518 g/mol. The number of carbonyl (C=O) groups is 1. The molecule has 0 radical (unpaired) electrons. The van der Waals surface area contributed by atoms with Gasteiger partial charge in [0.05, 0.1) is 0 Å². The van der Waals surface area contributed by atoms with Crippen LogP contribution in [0.4, 0.5) is 11.4 Å². The lowest BCUT2D eigenvalue weighted by molar-refractivity contribution is -0.462. The predicted molar refractivity (Wildman–Crippen MR) is 177 cm³/mol. The van der Waals surface area contributed by atoms with Crippen LogP contribution in [-0.2, 0) is 9.53 Å². The number of rotatable bonds is 7. The zero-order valence-corrected chi connectivity index (χ0v) is 25.5. The van der Waals surface area contributed by atoms with Crippen molar-refractivity contribution < 1.29 is 14.1 Å². The van der Waals surface area contributed by atoms with Gasteiger partial charge in [-0.2, -0.15) is 0 Å². The molecule has 42 heavy (non-hydrogen) atoms. The number of benzene rings is 3. The third kappa shape index (κ3) is 6.41. The maximum absolute atomic E-state index is 12.0. The second-order valence-corrected chi connectivity index (χ2v) is 11.8. The van der Waals surface area contributed by atoms with Crippen molar-refractivity contribution in [2.45, 2.75) is 44.8 Å². The number of nitrogens with zero attached hydrogens (tertiary/aromatic N) is 2. The van der Waals surface area contributed by atoms with E-state index in [0.29, 0.717) is 11.6 Å². The predicted octanol–water partition coefficient (Wildman–Crippen LogP) is 7.39. The molecule has 0 aromatic heterocycles. The first kappa shape index (κ1) is 29.1. The first-order valence-corrected chi connectivity index (χ1v) is 14.8. The molecule has 5 nitrogen and oxygen atoms in total. The van der Waals surface area contributed by atoms with E-state index < -0.39 is 0 Å². The fourth-order valence-electron chi connectivity index (χ4n) is 5.77. The monoisotopic (exact) mass is 560 g/mol. The van der Waals surface area contributed by atoms with Crippen LogP contribution in [0, 0.1) is 0 Å². The van der Waals surface area contributed by atoms with Gasteiger partial charge in [0.1, 0.15) is 20.2 Å². The normalized spacial score (nSPS) is 18.1. The van der Waals surface area contributed by atoms with Gasteiger partial charge in [-0.25, -0.2) is 9.37 Å². The lowest BCUT2D eigenvalue weighted by atomic mass is 9.87. The molecule has 0 atom stereocenters. The Labute approximate surface area is 250 Å². The molecule has 3 aromatic rings. The lowest BCUT2D eigenvalue weighted by Crippen LogP contribution is -2.31. The second-order valence-electron chi connectivity index (χ2n) is 11.8. The summed E-state index contributed by atoms with van der Waals surface area (Å²) in [5.74, 6) is -0.284. The van der Waals surface area contributed by atoms with Crippen LogP contribution in [0.15, 0.2) is 103 Å². The number of allylic oxidation sites excluding steroid dienone is 5. The third-order valence-electron chi connectivity index (χ3n) is 8.19. The van der Waals surface area contributed by atoms with Gasteiger partial charge < -0.3 is 15.0 Å². The molecule has 0 bridgehead atoms. The van der Waals surface area contributed by atoms with Crippen molar-refractivity contribution in [3.05, 3.63) is 114 Å². The molecular formula is C37H42N3O2+. The molecule has 216 valence electrons. The molecule has 3 aromatic carbocycles. The highest BCUT2D eigenvalue weighted by Gasteiger charge is 2.25. The summed E-state index contributed by atoms with van der Waals surface area (Å²) in [6, 6.07) is 22.3. The number of ether oxygens (including phenoxy) is 1. The molecule has 0 saturated heterocycles. The van der Waals surface area contributed by atoms with Gasteiger partial charge in [-0.1, -0.05) is 49.0 Å². The van der Waals surface area contributed by atoms with E-state index in [4.69, 9.17) is 4.74 Å². The van der Waals surface area contributed by atoms with Crippen molar-refractivity contribution in [3.63, 3.8) is 0 Å². The van der Waals surface area contributed by atoms with Gasteiger partial charge in [0.25, 0.3) is 0 Å². The minimum atomic E-state index is -0.284. The van der Waals surface area contributed by atoms with Crippen molar-refractivity contribution >= 4 is 39.4 Å². The van der Waals surface area contributed by atoms with Gasteiger partial charge in [-0.15, -0.1) is 0 Å². The minimum Gasteiger partial charge on any atom is -0.459 e. The Kier molecular flexibility index (Phi) is 8.77. The molecule has 5 rings (SSSR count). The lowest BCUT2D eigenvalue weighted by Gasteiger charge is -2.30. The van der Waals surface area contributed by atoms with E-state index in [0.717, 1.165) is 31.4 Å². The highest BCUT2D eigenvalue weighted by atomic mass is 16.5. The van der Waals surface area contributed by atoms with Crippen molar-refractivity contribution in [3.8, 4) is 0 Å². The van der Waals surface area contributed by atoms with Gasteiger partial charge >= 0.3 is 5.97 Å². The summed E-state index contributed by atoms with van der Waals surface area (Å²) < 4.78 is 7.74. The highest BCUT2D eigenvalue weighted by Crippen LogP contribution is 2.38. The molecule has 1 N–H and O–H groups in total. The molecule has 1 saturated carbocycles. The van der Waals surface area contributed by atoms with Crippen LogP contribution in [0.5, 0.6) is 0 Å². The van der Waals surface area contributed by atoms with Crippen LogP contribution in [0.25, 0.3) is 16.3 Å². The zero-order valence-electron chi connectivity index (χ0n) is 25.5. The van der Waals surface area contributed by atoms with Crippen molar-refractivity contribution in [2.75, 3.05) is 38.4 Å². The summed E-state index contributed by atoms with van der Waals surface area (Å²) in [7, 11) is 8.28. The van der Waals surface area contributed by atoms with Gasteiger partial charge in [-0.05, 0) is 90.6 Å². The Morgan fingerprint density at radius 1 is 0.881 bits per heavy atom. The van der Waals surface area contributed by atoms with Crippen molar-refractivity contribution in [2.24, 2.45) is 0 Å². The average molecular weight is 561 g/mol. The molecule has 2 aliphatic rings. The number of anilines is 2. The van der Waals surface area contributed by atoms with E-state index in [1.165, 1.54) is 44.4 Å². The smallest absolute Gasteiger partial charge is 0.333 e. The van der Waals surface area contributed by atoms with Crippen LogP contribution in [0.2, 0.25) is 0 Å². The van der Waals surface area contributed by atoms with E-state index in [1.54, 1.807) is 6.92 Å². The van der Waals surface area contributed by atoms with Gasteiger partial charge in [0, 0.05) is 54.6 Å². The van der Waals surface area contributed by atoms with Crippen LogP contribution in [-0.4, -0.2) is 56.6 Å². The molecule has 0 heterocycles. The van der Waals surface area contributed by atoms with E-state index in [-0.39, 0.29) is 12.1 Å². The number of hydrogen-bond acceptors (Lipinski definition) is 4. The Morgan fingerprint density at radius 2 is 1.52 bits per heavy atom. The Morgan fingerprint density at radius 3 is 2.12 bits per heavy atom. The molecule has 0 amide bonds. The van der Waals surface area contributed by atoms with E-state index >= 15 is 0 Å². The summed E-state index contributed by atoms with van der Waals surface area (Å²) in [6.07, 6.45) is 12.4. The van der Waals surface area contributed by atoms with E-state index in [2.05, 4.69) is 135 Å². The number of carbonyl (C=O) groups excluding carboxylic acids is 1. The maximum atomic E-state index is 12.0. The fraction of sp³-hybridized carbons (Fsp3) is 0.297. The first-order valence-electron chi connectivity index (χ1n) is 14.8. The number of hydrogen-bond donors (Lipinski definition) is 1. The molecule has 5 heteroatoms. The third-order valence-corrected chi connectivity index (χ3v) is 8.19. The standard InChI is InChI=1S/C37H41N3O2/c1-25(2)37(41)42-31-21-15-28(16-22-31)38-35-24-23-34(32-9-7-8-10-33(32)35)36(26-11-17-29(18-12-26)39(3)4)27-13-19-30(20-14-27)40(5)6/h7-14,17-20,23-24,28,31H,1,15-16,21-22H2,2-6H3/p+1. The molecule has 0 aliphatic heterocycles. The molecule has 1 fully saturated rings. The van der Waals surface area contributed by atoms with Crippen LogP contribution in [0.3, 0.4) is 0 Å². The highest BCUT2D eigenvalue weighted by molar-refractivity contribution is 6.07. The number of fused-ring (bicyclic) bond motifs is 1. The summed E-state index contributed by atoms with van der Waals surface area (Å²) in [5, 5.41) is 6.25. The van der Waals surface area contributed by atoms with E-state index in [1.807, 2.05) is 0 Å². The summed E-state index contributed by atoms with van der Waals surface area (Å²) in [4.78, 5) is 14.1. The van der Waals surface area contributed by atoms with Gasteiger partial charge in [0.15, 0.2) is 5.71 Å². The summed E-state index contributed by atoms with van der Waals surface area (Å²) >= 11 is 0. The van der Waals surface area contributed by atoms with Gasteiger partial charge in [0.2, 0.25) is 0 Å². The number of esters is 1. The van der Waals surface area contributed by atoms with Crippen LogP contribution >= 0.6 is 0 Å². The van der Waals surface area contributed by atoms with Crippen molar-refractivity contribution in [1.29, 1.82) is 0 Å². The Bertz CT molecular complexity index is 1590. The zero-order chi connectivity index (χ0) is 29.8. The SMILES string of the molecule is C=C(C)C(=O)OC1CCC(Nc2ccc(C(=C3C=CC(=[N+](C)C)C=C3)c3ccc(N(C)C)cc3)c3ccccc23)CC1. The number of nitrogens with one attached hydrogen (secondary N) is 1. The molecule has 2 aliphatic carbocycles.